The predicted octanol–water partition coefficient (Wildman–Crippen LogP) is 3.65. The molecule has 0 spiro atoms. The van der Waals surface area contributed by atoms with Crippen LogP contribution in [0.4, 0.5) is 4.39 Å². The Hall–Kier alpha value is -1.40. The third-order valence-corrected chi connectivity index (χ3v) is 4.20. The van der Waals surface area contributed by atoms with Crippen molar-refractivity contribution in [1.82, 2.24) is 19.3 Å². The number of imidazole rings is 1. The van der Waals surface area contributed by atoms with Gasteiger partial charge in [0.15, 0.2) is 0 Å². The lowest BCUT2D eigenvalue weighted by molar-refractivity contribution is 0.622. The molecule has 0 radical (unpaired) electrons. The van der Waals surface area contributed by atoms with Gasteiger partial charge in [0.1, 0.15) is 11.6 Å². The molecule has 0 aliphatic heterocycles. The van der Waals surface area contributed by atoms with E-state index in [1.165, 1.54) is 6.07 Å². The van der Waals surface area contributed by atoms with Gasteiger partial charge in [-0.1, -0.05) is 0 Å². The number of fused-ring (bicyclic) bond motifs is 1. The van der Waals surface area contributed by atoms with Crippen molar-refractivity contribution in [1.29, 1.82) is 0 Å². The summed E-state index contributed by atoms with van der Waals surface area (Å²) in [5, 5.41) is 4.36. The van der Waals surface area contributed by atoms with Gasteiger partial charge in [-0.3, -0.25) is 4.68 Å². The third kappa shape index (κ3) is 2.82. The molecule has 0 unspecified atom stereocenters. The lowest BCUT2D eigenvalue weighted by Gasteiger charge is -2.07. The maximum atomic E-state index is 13.6. The van der Waals surface area contributed by atoms with Gasteiger partial charge in [0.25, 0.3) is 0 Å². The van der Waals surface area contributed by atoms with E-state index >= 15 is 0 Å². The van der Waals surface area contributed by atoms with E-state index in [1.54, 1.807) is 10.7 Å². The van der Waals surface area contributed by atoms with E-state index in [0.717, 1.165) is 23.5 Å². The molecule has 110 valence electrons. The van der Waals surface area contributed by atoms with Crippen LogP contribution in [0.25, 0.3) is 11.0 Å². The summed E-state index contributed by atoms with van der Waals surface area (Å²) < 4.78 is 17.8. The van der Waals surface area contributed by atoms with E-state index in [4.69, 9.17) is 11.6 Å². The van der Waals surface area contributed by atoms with E-state index < -0.39 is 0 Å². The fourth-order valence-corrected chi connectivity index (χ4v) is 2.88. The maximum absolute atomic E-state index is 13.6. The van der Waals surface area contributed by atoms with Crippen LogP contribution in [0.3, 0.4) is 0 Å². The summed E-state index contributed by atoms with van der Waals surface area (Å²) in [4.78, 5) is 4.40. The largest absolute Gasteiger partial charge is 0.327 e. The molecule has 0 atom stereocenters. The van der Waals surface area contributed by atoms with Crippen LogP contribution in [0, 0.1) is 5.82 Å². The number of hydrogen-bond donors (Lipinski definition) is 0. The molecule has 3 aromatic rings. The Morgan fingerprint density at radius 3 is 2.86 bits per heavy atom. The number of aromatic nitrogens is 4. The Bertz CT molecular complexity index is 796. The van der Waals surface area contributed by atoms with Crippen molar-refractivity contribution in [3.8, 4) is 0 Å². The molecule has 0 bridgehead atoms. The topological polar surface area (TPSA) is 35.6 Å². The molecule has 0 saturated heterocycles. The van der Waals surface area contributed by atoms with Crippen LogP contribution in [-0.4, -0.2) is 19.3 Å². The Morgan fingerprint density at radius 1 is 1.38 bits per heavy atom. The van der Waals surface area contributed by atoms with E-state index in [0.29, 0.717) is 16.5 Å². The number of halogens is 3. The number of nitrogens with zero attached hydrogens (tertiary/aromatic N) is 4. The van der Waals surface area contributed by atoms with Crippen molar-refractivity contribution in [2.45, 2.75) is 18.8 Å². The highest BCUT2D eigenvalue weighted by molar-refractivity contribution is 9.10. The first-order valence-corrected chi connectivity index (χ1v) is 7.80. The van der Waals surface area contributed by atoms with Crippen molar-refractivity contribution < 1.29 is 4.39 Å². The molecule has 2 heterocycles. The molecule has 0 saturated carbocycles. The lowest BCUT2D eigenvalue weighted by Crippen LogP contribution is -2.06. The van der Waals surface area contributed by atoms with Gasteiger partial charge in [-0.2, -0.15) is 5.10 Å². The van der Waals surface area contributed by atoms with E-state index in [2.05, 4.69) is 26.0 Å². The van der Waals surface area contributed by atoms with E-state index in [1.807, 2.05) is 23.9 Å². The smallest absolute Gasteiger partial charge is 0.139 e. The summed E-state index contributed by atoms with van der Waals surface area (Å²) in [5.41, 5.74) is 2.49. The number of benzene rings is 1. The van der Waals surface area contributed by atoms with Crippen LogP contribution in [0.5, 0.6) is 0 Å². The minimum absolute atomic E-state index is 0.288. The first-order valence-electron chi connectivity index (χ1n) is 6.47. The maximum Gasteiger partial charge on any atom is 0.139 e. The standard InChI is InChI=1S/C14H13BrClFN4/c1-20-4-2-9(19-20)3-5-21-13-6-10(15)11(17)7-12(13)18-14(21)8-16/h2,4,6-7H,3,5,8H2,1H3. The highest BCUT2D eigenvalue weighted by Gasteiger charge is 2.13. The molecule has 1 aromatic carbocycles. The fourth-order valence-electron chi connectivity index (χ4n) is 2.34. The Morgan fingerprint density at radius 2 is 2.19 bits per heavy atom. The Balaban J connectivity index is 1.97. The highest BCUT2D eigenvalue weighted by atomic mass is 79.9. The number of rotatable bonds is 4. The van der Waals surface area contributed by atoms with Gasteiger partial charge in [0, 0.05) is 32.3 Å². The van der Waals surface area contributed by atoms with Crippen molar-refractivity contribution in [2.24, 2.45) is 7.05 Å². The number of alkyl halides is 1. The molecule has 0 N–H and O–H groups in total. The molecule has 0 amide bonds. The number of hydrogen-bond acceptors (Lipinski definition) is 2. The monoisotopic (exact) mass is 370 g/mol. The van der Waals surface area contributed by atoms with Gasteiger partial charge >= 0.3 is 0 Å². The summed E-state index contributed by atoms with van der Waals surface area (Å²) in [7, 11) is 1.89. The van der Waals surface area contributed by atoms with Crippen LogP contribution >= 0.6 is 27.5 Å². The third-order valence-electron chi connectivity index (χ3n) is 3.35. The molecule has 3 rings (SSSR count). The zero-order valence-electron chi connectivity index (χ0n) is 11.4. The molecule has 0 aliphatic carbocycles. The SMILES string of the molecule is Cn1ccc(CCn2c(CCl)nc3cc(F)c(Br)cc32)n1. The molecule has 0 aliphatic rings. The Kier molecular flexibility index (Phi) is 3.99. The van der Waals surface area contributed by atoms with Crippen LogP contribution in [0.2, 0.25) is 0 Å². The van der Waals surface area contributed by atoms with E-state index in [-0.39, 0.29) is 11.7 Å². The van der Waals surface area contributed by atoms with Crippen LogP contribution in [-0.2, 0) is 25.9 Å². The average molecular weight is 372 g/mol. The normalized spacial score (nSPS) is 11.4. The summed E-state index contributed by atoms with van der Waals surface area (Å²) in [5.74, 6) is 0.703. The molecular weight excluding hydrogens is 359 g/mol. The van der Waals surface area contributed by atoms with Crippen molar-refractivity contribution in [2.75, 3.05) is 0 Å². The molecule has 4 nitrogen and oxygen atoms in total. The summed E-state index contributed by atoms with van der Waals surface area (Å²) in [6.07, 6.45) is 2.68. The fraction of sp³-hybridized carbons (Fsp3) is 0.286. The van der Waals surface area contributed by atoms with Gasteiger partial charge in [-0.25, -0.2) is 9.37 Å². The van der Waals surface area contributed by atoms with Crippen molar-refractivity contribution in [3.63, 3.8) is 0 Å². The Labute approximate surface area is 134 Å². The second-order valence-corrected chi connectivity index (χ2v) is 5.92. The molecule has 0 fully saturated rings. The highest BCUT2D eigenvalue weighted by Crippen LogP contribution is 2.25. The van der Waals surface area contributed by atoms with Crippen LogP contribution < -0.4 is 0 Å². The number of aryl methyl sites for hydroxylation is 3. The van der Waals surface area contributed by atoms with E-state index in [9.17, 15) is 4.39 Å². The zero-order valence-corrected chi connectivity index (χ0v) is 13.7. The van der Waals surface area contributed by atoms with Gasteiger partial charge in [0.05, 0.1) is 27.1 Å². The molecular formula is C14H13BrClFN4. The van der Waals surface area contributed by atoms with Gasteiger partial charge in [-0.15, -0.1) is 11.6 Å². The van der Waals surface area contributed by atoms with Gasteiger partial charge in [0.2, 0.25) is 0 Å². The average Bonchev–Trinajstić information content (AvgIpc) is 3.01. The zero-order chi connectivity index (χ0) is 15.0. The van der Waals surface area contributed by atoms with Gasteiger partial charge < -0.3 is 4.57 Å². The quantitative estimate of drug-likeness (QED) is 0.656. The molecule has 21 heavy (non-hydrogen) atoms. The van der Waals surface area contributed by atoms with Crippen LogP contribution in [0.15, 0.2) is 28.9 Å². The summed E-state index contributed by atoms with van der Waals surface area (Å²) in [6, 6.07) is 5.15. The second-order valence-electron chi connectivity index (χ2n) is 4.80. The summed E-state index contributed by atoms with van der Waals surface area (Å²) >= 11 is 9.18. The van der Waals surface area contributed by atoms with Gasteiger partial charge in [-0.05, 0) is 28.1 Å². The minimum Gasteiger partial charge on any atom is -0.327 e. The molecule has 2 aromatic heterocycles. The van der Waals surface area contributed by atoms with Crippen molar-refractivity contribution in [3.05, 3.63) is 46.2 Å². The summed E-state index contributed by atoms with van der Waals surface area (Å²) in [6.45, 7) is 0.702. The van der Waals surface area contributed by atoms with Crippen LogP contribution in [0.1, 0.15) is 11.5 Å². The first-order chi connectivity index (χ1) is 10.1. The molecule has 7 heteroatoms. The second kappa shape index (κ2) is 5.77. The first kappa shape index (κ1) is 14.5. The van der Waals surface area contributed by atoms with Crippen molar-refractivity contribution >= 4 is 38.6 Å². The predicted molar refractivity (Wildman–Crippen MR) is 83.9 cm³/mol. The lowest BCUT2D eigenvalue weighted by atomic mass is 10.3. The minimum atomic E-state index is -0.321.